The molecule has 0 saturated carbocycles. The number of carbonyl (C=O) groups excluding carboxylic acids is 5. The molecule has 182 valence electrons. The van der Waals surface area contributed by atoms with E-state index in [1.54, 1.807) is 0 Å². The van der Waals surface area contributed by atoms with Crippen LogP contribution in [0.15, 0.2) is 36.4 Å². The zero-order valence-corrected chi connectivity index (χ0v) is 18.7. The average Bonchev–Trinajstić information content (AvgIpc) is 3.05. The number of hydrogen-bond donors (Lipinski definition) is 1. The smallest absolute Gasteiger partial charge is 0.309 e. The number of nitrogens with zero attached hydrogens (tertiary/aromatic N) is 2. The summed E-state index contributed by atoms with van der Waals surface area (Å²) in [5, 5.41) is 2.52. The van der Waals surface area contributed by atoms with Crippen LogP contribution in [-0.4, -0.2) is 66.1 Å². The highest BCUT2D eigenvalue weighted by atomic mass is 19.1. The molecular weight excluding hydrogens is 464 g/mol. The second-order valence-corrected chi connectivity index (χ2v) is 8.28. The molecule has 2 heterocycles. The molecule has 2 aliphatic rings. The summed E-state index contributed by atoms with van der Waals surface area (Å²) in [6.07, 6.45) is 0.535. The monoisotopic (exact) mass is 485 g/mol. The van der Waals surface area contributed by atoms with Gasteiger partial charge < -0.3 is 15.0 Å². The molecule has 0 bridgehead atoms. The predicted molar refractivity (Wildman–Crippen MR) is 117 cm³/mol. The number of ether oxygens (including phenoxy) is 1. The maximum atomic E-state index is 13.9. The van der Waals surface area contributed by atoms with Crippen molar-refractivity contribution in [2.75, 3.05) is 32.1 Å². The Kier molecular flexibility index (Phi) is 6.59. The fraction of sp³-hybridized carbons (Fsp3) is 0.292. The van der Waals surface area contributed by atoms with Crippen LogP contribution in [0.5, 0.6) is 0 Å². The fourth-order valence-corrected chi connectivity index (χ4v) is 4.04. The molecular formula is C24H21F2N3O6. The topological polar surface area (TPSA) is 113 Å². The molecule has 4 amide bonds. The summed E-state index contributed by atoms with van der Waals surface area (Å²) in [4.78, 5) is 63.4. The van der Waals surface area contributed by atoms with E-state index in [0.29, 0.717) is 6.07 Å². The van der Waals surface area contributed by atoms with E-state index in [4.69, 9.17) is 4.74 Å². The first kappa shape index (κ1) is 24.0. The molecule has 9 nitrogen and oxygen atoms in total. The van der Waals surface area contributed by atoms with Crippen LogP contribution in [0.2, 0.25) is 0 Å². The van der Waals surface area contributed by atoms with Crippen LogP contribution in [-0.2, 0) is 14.3 Å². The van der Waals surface area contributed by atoms with E-state index in [2.05, 4.69) is 5.32 Å². The maximum absolute atomic E-state index is 13.9. The number of fused-ring (bicyclic) bond motifs is 1. The van der Waals surface area contributed by atoms with Crippen molar-refractivity contribution in [2.24, 2.45) is 5.92 Å². The van der Waals surface area contributed by atoms with Crippen molar-refractivity contribution < 1.29 is 37.5 Å². The zero-order chi connectivity index (χ0) is 25.3. The first-order chi connectivity index (χ1) is 16.7. The SMILES string of the molecule is CN1C(=O)c2ccc(NC(=O)COC(=O)C3CCN(C(=O)c4ccc(F)cc4F)CC3)cc2C1=O. The number of amides is 4. The number of hydrogen-bond acceptors (Lipinski definition) is 6. The standard InChI is InChI=1S/C24H21F2N3O6/c1-28-21(31)16-5-3-15(11-18(16)22(28)32)27-20(30)12-35-24(34)13-6-8-29(9-7-13)23(33)17-4-2-14(25)10-19(17)26/h2-5,10-11,13H,6-9,12H2,1H3,(H,27,30). The molecule has 2 aromatic rings. The highest BCUT2D eigenvalue weighted by Crippen LogP contribution is 2.25. The van der Waals surface area contributed by atoms with Crippen molar-refractivity contribution in [1.29, 1.82) is 0 Å². The van der Waals surface area contributed by atoms with E-state index in [-0.39, 0.29) is 48.3 Å². The molecule has 11 heteroatoms. The number of likely N-dealkylation sites (tertiary alicyclic amines) is 1. The number of anilines is 1. The van der Waals surface area contributed by atoms with E-state index in [0.717, 1.165) is 17.0 Å². The third kappa shape index (κ3) is 4.88. The van der Waals surface area contributed by atoms with Crippen LogP contribution < -0.4 is 5.32 Å². The van der Waals surface area contributed by atoms with Gasteiger partial charge in [0, 0.05) is 31.9 Å². The lowest BCUT2D eigenvalue weighted by Gasteiger charge is -2.31. The lowest BCUT2D eigenvalue weighted by atomic mass is 9.96. The number of esters is 1. The number of benzene rings is 2. The van der Waals surface area contributed by atoms with Gasteiger partial charge in [-0.25, -0.2) is 8.78 Å². The molecule has 0 radical (unpaired) electrons. The summed E-state index contributed by atoms with van der Waals surface area (Å²) in [6.45, 7) is -0.196. The van der Waals surface area contributed by atoms with Crippen LogP contribution in [0.25, 0.3) is 0 Å². The molecule has 0 aliphatic carbocycles. The van der Waals surface area contributed by atoms with Gasteiger partial charge in [-0.2, -0.15) is 0 Å². The van der Waals surface area contributed by atoms with Crippen molar-refractivity contribution in [3.8, 4) is 0 Å². The summed E-state index contributed by atoms with van der Waals surface area (Å²) in [5.41, 5.74) is 0.456. The van der Waals surface area contributed by atoms with E-state index in [1.165, 1.54) is 30.1 Å². The molecule has 35 heavy (non-hydrogen) atoms. The number of imide groups is 1. The van der Waals surface area contributed by atoms with Gasteiger partial charge in [0.2, 0.25) is 0 Å². The highest BCUT2D eigenvalue weighted by Gasteiger charge is 2.33. The van der Waals surface area contributed by atoms with Gasteiger partial charge in [0.1, 0.15) is 11.6 Å². The summed E-state index contributed by atoms with van der Waals surface area (Å²) >= 11 is 0. The van der Waals surface area contributed by atoms with Gasteiger partial charge in [0.25, 0.3) is 23.6 Å². The summed E-state index contributed by atoms with van der Waals surface area (Å²) < 4.78 is 32.0. The van der Waals surface area contributed by atoms with Crippen molar-refractivity contribution in [2.45, 2.75) is 12.8 Å². The van der Waals surface area contributed by atoms with E-state index < -0.39 is 53.8 Å². The normalized spacial score (nSPS) is 15.7. The average molecular weight is 485 g/mol. The molecule has 0 spiro atoms. The van der Waals surface area contributed by atoms with Crippen LogP contribution in [0.3, 0.4) is 0 Å². The van der Waals surface area contributed by atoms with Crippen LogP contribution >= 0.6 is 0 Å². The summed E-state index contributed by atoms with van der Waals surface area (Å²) in [6, 6.07) is 7.02. The molecule has 0 unspecified atom stereocenters. The Bertz CT molecular complexity index is 1240. The Balaban J connectivity index is 1.25. The summed E-state index contributed by atoms with van der Waals surface area (Å²) in [5.74, 6) is -4.98. The number of piperidine rings is 1. The Labute approximate surface area is 198 Å². The minimum atomic E-state index is -0.950. The largest absolute Gasteiger partial charge is 0.455 e. The minimum Gasteiger partial charge on any atom is -0.455 e. The first-order valence-corrected chi connectivity index (χ1v) is 10.8. The second kappa shape index (κ2) is 9.61. The molecule has 1 saturated heterocycles. The Morgan fingerprint density at radius 1 is 1.00 bits per heavy atom. The third-order valence-electron chi connectivity index (χ3n) is 6.00. The molecule has 2 aliphatic heterocycles. The van der Waals surface area contributed by atoms with Crippen molar-refractivity contribution in [1.82, 2.24) is 9.80 Å². The van der Waals surface area contributed by atoms with Gasteiger partial charge in [-0.05, 0) is 43.2 Å². The Hall–Kier alpha value is -4.15. The van der Waals surface area contributed by atoms with Gasteiger partial charge in [-0.3, -0.25) is 28.9 Å². The van der Waals surface area contributed by atoms with Gasteiger partial charge in [0.15, 0.2) is 6.61 Å². The van der Waals surface area contributed by atoms with Crippen molar-refractivity contribution >= 4 is 35.3 Å². The zero-order valence-electron chi connectivity index (χ0n) is 18.7. The van der Waals surface area contributed by atoms with E-state index in [9.17, 15) is 32.8 Å². The third-order valence-corrected chi connectivity index (χ3v) is 6.00. The maximum Gasteiger partial charge on any atom is 0.309 e. The van der Waals surface area contributed by atoms with Gasteiger partial charge in [-0.1, -0.05) is 0 Å². The van der Waals surface area contributed by atoms with Crippen LogP contribution in [0.1, 0.15) is 43.9 Å². The number of nitrogens with one attached hydrogen (secondary N) is 1. The lowest BCUT2D eigenvalue weighted by molar-refractivity contribution is -0.152. The number of rotatable bonds is 5. The van der Waals surface area contributed by atoms with Crippen molar-refractivity contribution in [3.63, 3.8) is 0 Å². The number of halogens is 2. The Morgan fingerprint density at radius 2 is 1.69 bits per heavy atom. The molecule has 0 aromatic heterocycles. The van der Waals surface area contributed by atoms with E-state index >= 15 is 0 Å². The van der Waals surface area contributed by atoms with E-state index in [1.807, 2.05) is 0 Å². The molecule has 2 aromatic carbocycles. The Morgan fingerprint density at radius 3 is 2.37 bits per heavy atom. The van der Waals surface area contributed by atoms with Gasteiger partial charge in [-0.15, -0.1) is 0 Å². The van der Waals surface area contributed by atoms with Crippen LogP contribution in [0, 0.1) is 17.6 Å². The quantitative estimate of drug-likeness (QED) is 0.513. The van der Waals surface area contributed by atoms with Gasteiger partial charge in [0.05, 0.1) is 22.6 Å². The second-order valence-electron chi connectivity index (χ2n) is 8.28. The molecule has 1 fully saturated rings. The first-order valence-electron chi connectivity index (χ1n) is 10.8. The molecule has 4 rings (SSSR count). The molecule has 1 N–H and O–H groups in total. The minimum absolute atomic E-state index is 0.175. The fourth-order valence-electron chi connectivity index (χ4n) is 4.04. The molecule has 0 atom stereocenters. The van der Waals surface area contributed by atoms with Gasteiger partial charge >= 0.3 is 5.97 Å². The summed E-state index contributed by atoms with van der Waals surface area (Å²) in [7, 11) is 1.36. The lowest BCUT2D eigenvalue weighted by Crippen LogP contribution is -2.41. The highest BCUT2D eigenvalue weighted by molar-refractivity contribution is 6.21. The number of carbonyl (C=O) groups is 5. The predicted octanol–water partition coefficient (Wildman–Crippen LogP) is 2.22. The van der Waals surface area contributed by atoms with Crippen molar-refractivity contribution in [3.05, 3.63) is 64.7 Å². The van der Waals surface area contributed by atoms with Crippen LogP contribution in [0.4, 0.5) is 14.5 Å².